The van der Waals surface area contributed by atoms with Gasteiger partial charge in [-0.25, -0.2) is 4.98 Å². The normalized spacial score (nSPS) is 14.2. The molecule has 2 N–H and O–H groups in total. The van der Waals surface area contributed by atoms with Gasteiger partial charge in [0.05, 0.1) is 12.1 Å². The molecular formula is C14H18N2OS. The first-order valence-corrected chi connectivity index (χ1v) is 6.77. The lowest BCUT2D eigenvalue weighted by molar-refractivity contribution is 0.414. The largest absolute Gasteiger partial charge is 0.497 e. The second-order valence-corrected chi connectivity index (χ2v) is 5.76. The number of nitrogens with zero attached hydrogens (tertiary/aromatic N) is 1. The van der Waals surface area contributed by atoms with Crippen molar-refractivity contribution in [1.29, 1.82) is 0 Å². The number of aromatic nitrogens is 1. The van der Waals surface area contributed by atoms with Crippen molar-refractivity contribution in [2.45, 2.75) is 25.3 Å². The summed E-state index contributed by atoms with van der Waals surface area (Å²) in [6.07, 6.45) is 3.46. The van der Waals surface area contributed by atoms with Gasteiger partial charge in [-0.15, -0.1) is 11.3 Å². The summed E-state index contributed by atoms with van der Waals surface area (Å²) in [5.74, 6) is 0.873. The van der Waals surface area contributed by atoms with E-state index in [1.165, 1.54) is 5.56 Å². The fraction of sp³-hybridized carbons (Fsp3) is 0.357. The summed E-state index contributed by atoms with van der Waals surface area (Å²) < 4.78 is 5.14. The quantitative estimate of drug-likeness (QED) is 0.901. The number of thiazole rings is 1. The molecule has 0 amide bonds. The van der Waals surface area contributed by atoms with Crippen molar-refractivity contribution >= 4 is 11.3 Å². The highest BCUT2D eigenvalue weighted by Gasteiger charge is 2.21. The molecule has 18 heavy (non-hydrogen) atoms. The molecule has 1 aromatic heterocycles. The monoisotopic (exact) mass is 262 g/mol. The average molecular weight is 262 g/mol. The van der Waals surface area contributed by atoms with Crippen molar-refractivity contribution in [3.8, 4) is 5.75 Å². The summed E-state index contributed by atoms with van der Waals surface area (Å²) in [4.78, 5) is 4.29. The van der Waals surface area contributed by atoms with Gasteiger partial charge < -0.3 is 10.5 Å². The van der Waals surface area contributed by atoms with Gasteiger partial charge in [0.15, 0.2) is 0 Å². The summed E-state index contributed by atoms with van der Waals surface area (Å²) in [6, 6.07) is 8.06. The Balaban J connectivity index is 2.02. The van der Waals surface area contributed by atoms with Crippen molar-refractivity contribution in [3.63, 3.8) is 0 Å². The number of hydrogen-bond donors (Lipinski definition) is 1. The Hall–Kier alpha value is -1.39. The van der Waals surface area contributed by atoms with Crippen LogP contribution >= 0.6 is 11.3 Å². The van der Waals surface area contributed by atoms with Crippen LogP contribution in [-0.4, -0.2) is 17.6 Å². The zero-order chi connectivity index (χ0) is 13.0. The van der Waals surface area contributed by atoms with E-state index in [9.17, 15) is 0 Å². The van der Waals surface area contributed by atoms with Crippen molar-refractivity contribution in [2.75, 3.05) is 7.11 Å². The van der Waals surface area contributed by atoms with E-state index in [-0.39, 0.29) is 5.54 Å². The lowest BCUT2D eigenvalue weighted by Gasteiger charge is -2.23. The smallest absolute Gasteiger partial charge is 0.118 e. The molecule has 0 radical (unpaired) electrons. The van der Waals surface area contributed by atoms with Crippen LogP contribution in [0.1, 0.15) is 17.5 Å². The van der Waals surface area contributed by atoms with Crippen molar-refractivity contribution < 1.29 is 4.74 Å². The number of ether oxygens (including phenoxy) is 1. The molecule has 0 fully saturated rings. The summed E-state index contributed by atoms with van der Waals surface area (Å²) in [7, 11) is 1.67. The molecule has 1 aromatic carbocycles. The van der Waals surface area contributed by atoms with Crippen LogP contribution in [0.3, 0.4) is 0 Å². The van der Waals surface area contributed by atoms with Gasteiger partial charge in [0, 0.05) is 23.5 Å². The Labute approximate surface area is 112 Å². The Morgan fingerprint density at radius 2 is 2.00 bits per heavy atom. The second kappa shape index (κ2) is 5.50. The highest BCUT2D eigenvalue weighted by molar-refractivity contribution is 7.09. The van der Waals surface area contributed by atoms with Crippen molar-refractivity contribution in [2.24, 2.45) is 5.73 Å². The van der Waals surface area contributed by atoms with Gasteiger partial charge in [-0.1, -0.05) is 12.1 Å². The van der Waals surface area contributed by atoms with Crippen molar-refractivity contribution in [3.05, 3.63) is 46.4 Å². The fourth-order valence-corrected chi connectivity index (χ4v) is 2.77. The number of benzene rings is 1. The molecule has 0 aliphatic carbocycles. The SMILES string of the molecule is COc1ccc(CC(C)(N)Cc2nccs2)cc1. The minimum absolute atomic E-state index is 0.271. The molecule has 0 spiro atoms. The molecule has 0 aliphatic rings. The van der Waals surface area contributed by atoms with Gasteiger partial charge in [-0.3, -0.25) is 0 Å². The molecule has 1 heterocycles. The van der Waals surface area contributed by atoms with E-state index in [1.54, 1.807) is 18.4 Å². The maximum atomic E-state index is 6.35. The average Bonchev–Trinajstić information content (AvgIpc) is 2.81. The van der Waals surface area contributed by atoms with Gasteiger partial charge in [0.2, 0.25) is 0 Å². The number of methoxy groups -OCH3 is 1. The Bertz CT molecular complexity index is 477. The van der Waals surface area contributed by atoms with Crippen molar-refractivity contribution in [1.82, 2.24) is 4.98 Å². The predicted molar refractivity (Wildman–Crippen MR) is 75.1 cm³/mol. The highest BCUT2D eigenvalue weighted by Crippen LogP contribution is 2.19. The third-order valence-corrected chi connectivity index (χ3v) is 3.59. The van der Waals surface area contributed by atoms with Crippen LogP contribution in [0, 0.1) is 0 Å². The molecule has 0 saturated carbocycles. The molecule has 0 aliphatic heterocycles. The van der Waals surface area contributed by atoms with Gasteiger partial charge in [-0.05, 0) is 31.0 Å². The van der Waals surface area contributed by atoms with Crippen LogP contribution in [0.4, 0.5) is 0 Å². The zero-order valence-electron chi connectivity index (χ0n) is 10.7. The molecule has 1 unspecified atom stereocenters. The molecule has 96 valence electrons. The molecule has 3 nitrogen and oxygen atoms in total. The van der Waals surface area contributed by atoms with Crippen LogP contribution in [0.25, 0.3) is 0 Å². The molecular weight excluding hydrogens is 244 g/mol. The van der Waals surface area contributed by atoms with Gasteiger partial charge >= 0.3 is 0 Å². The first-order valence-electron chi connectivity index (χ1n) is 5.89. The Morgan fingerprint density at radius 3 is 2.56 bits per heavy atom. The van der Waals surface area contributed by atoms with E-state index in [2.05, 4.69) is 24.0 Å². The van der Waals surface area contributed by atoms with Gasteiger partial charge in [-0.2, -0.15) is 0 Å². The van der Waals surface area contributed by atoms with E-state index in [4.69, 9.17) is 10.5 Å². The van der Waals surface area contributed by atoms with E-state index in [1.807, 2.05) is 23.7 Å². The number of nitrogens with two attached hydrogens (primary N) is 1. The molecule has 0 bridgehead atoms. The van der Waals surface area contributed by atoms with E-state index < -0.39 is 0 Å². The lowest BCUT2D eigenvalue weighted by atomic mass is 9.91. The van der Waals surface area contributed by atoms with E-state index >= 15 is 0 Å². The maximum Gasteiger partial charge on any atom is 0.118 e. The summed E-state index contributed by atoms with van der Waals surface area (Å²) in [5.41, 5.74) is 7.29. The topological polar surface area (TPSA) is 48.1 Å². The predicted octanol–water partition coefficient (Wildman–Crippen LogP) is 2.65. The molecule has 0 saturated heterocycles. The minimum atomic E-state index is -0.271. The fourth-order valence-electron chi connectivity index (χ4n) is 1.96. The molecule has 1 atom stereocenters. The van der Waals surface area contributed by atoms with E-state index in [0.29, 0.717) is 0 Å². The van der Waals surface area contributed by atoms with Crippen LogP contribution in [0.5, 0.6) is 5.75 Å². The number of rotatable bonds is 5. The summed E-state index contributed by atoms with van der Waals surface area (Å²) >= 11 is 1.66. The first kappa shape index (κ1) is 13.1. The zero-order valence-corrected chi connectivity index (χ0v) is 11.5. The third kappa shape index (κ3) is 3.55. The van der Waals surface area contributed by atoms with Crippen LogP contribution in [0.2, 0.25) is 0 Å². The van der Waals surface area contributed by atoms with Crippen LogP contribution in [0.15, 0.2) is 35.8 Å². The first-order chi connectivity index (χ1) is 8.59. The number of hydrogen-bond acceptors (Lipinski definition) is 4. The molecule has 2 aromatic rings. The minimum Gasteiger partial charge on any atom is -0.497 e. The Kier molecular flexibility index (Phi) is 3.99. The van der Waals surface area contributed by atoms with Crippen LogP contribution in [-0.2, 0) is 12.8 Å². The third-order valence-electron chi connectivity index (χ3n) is 2.81. The van der Waals surface area contributed by atoms with Gasteiger partial charge in [0.1, 0.15) is 5.75 Å². The summed E-state index contributed by atoms with van der Waals surface area (Å²) in [6.45, 7) is 2.07. The lowest BCUT2D eigenvalue weighted by Crippen LogP contribution is -2.40. The Morgan fingerprint density at radius 1 is 1.28 bits per heavy atom. The highest BCUT2D eigenvalue weighted by atomic mass is 32.1. The maximum absolute atomic E-state index is 6.35. The van der Waals surface area contributed by atoms with Crippen LogP contribution < -0.4 is 10.5 Å². The molecule has 4 heteroatoms. The second-order valence-electron chi connectivity index (χ2n) is 4.78. The summed E-state index contributed by atoms with van der Waals surface area (Å²) in [5, 5.41) is 3.08. The standard InChI is InChI=1S/C14H18N2OS/c1-14(15,10-13-16-7-8-18-13)9-11-3-5-12(17-2)6-4-11/h3-8H,9-10,15H2,1-2H3. The van der Waals surface area contributed by atoms with Gasteiger partial charge in [0.25, 0.3) is 0 Å². The molecule has 2 rings (SSSR count). The van der Waals surface area contributed by atoms with E-state index in [0.717, 1.165) is 23.6 Å².